The van der Waals surface area contributed by atoms with Crippen molar-refractivity contribution >= 4 is 16.7 Å². The summed E-state index contributed by atoms with van der Waals surface area (Å²) in [5.74, 6) is -0.0280. The Balaban J connectivity index is 1.76. The van der Waals surface area contributed by atoms with Crippen LogP contribution in [0.4, 0.5) is 0 Å². The van der Waals surface area contributed by atoms with Crippen LogP contribution < -0.4 is 0 Å². The standard InChI is InChI=1S/C20H21NO3/c22-16-11-20-7-5-17(23)21(20)8-6-14-9-12-3-1-2-4-13(12)10-15(14)18(20)19(16)24/h1-4,9-10,16,18-19,22,24H,5-8,11H2/t16-,18+,19-,20-/m0/s1. The van der Waals surface area contributed by atoms with Crippen LogP contribution in [0.25, 0.3) is 10.8 Å². The van der Waals surface area contributed by atoms with Gasteiger partial charge in [0.25, 0.3) is 0 Å². The van der Waals surface area contributed by atoms with E-state index in [0.29, 0.717) is 19.4 Å². The Morgan fingerprint density at radius 1 is 1.08 bits per heavy atom. The lowest BCUT2D eigenvalue weighted by Crippen LogP contribution is -2.48. The summed E-state index contributed by atoms with van der Waals surface area (Å²) in [6.45, 7) is 0.681. The molecule has 1 aliphatic carbocycles. The molecule has 2 aliphatic heterocycles. The van der Waals surface area contributed by atoms with Crippen LogP contribution in [-0.4, -0.2) is 45.3 Å². The summed E-state index contributed by atoms with van der Waals surface area (Å²) in [6.07, 6.45) is 0.983. The third-order valence-corrected chi connectivity index (χ3v) is 6.44. The Bertz CT molecular complexity index is 848. The molecule has 1 amide bonds. The Morgan fingerprint density at radius 2 is 1.83 bits per heavy atom. The van der Waals surface area contributed by atoms with E-state index in [9.17, 15) is 15.0 Å². The molecule has 4 heteroatoms. The molecule has 0 radical (unpaired) electrons. The summed E-state index contributed by atoms with van der Waals surface area (Å²) in [4.78, 5) is 14.4. The van der Waals surface area contributed by atoms with Crippen molar-refractivity contribution in [3.05, 3.63) is 47.5 Å². The molecule has 0 unspecified atom stereocenters. The number of carbonyl (C=O) groups excluding carboxylic acids is 1. The molecular formula is C20H21NO3. The lowest BCUT2D eigenvalue weighted by molar-refractivity contribution is -0.131. The summed E-state index contributed by atoms with van der Waals surface area (Å²) in [5.41, 5.74) is 1.91. The van der Waals surface area contributed by atoms with Crippen molar-refractivity contribution in [2.45, 2.75) is 49.3 Å². The number of aliphatic hydroxyl groups is 2. The van der Waals surface area contributed by atoms with Crippen LogP contribution in [-0.2, 0) is 11.2 Å². The van der Waals surface area contributed by atoms with E-state index in [4.69, 9.17) is 0 Å². The topological polar surface area (TPSA) is 60.8 Å². The predicted molar refractivity (Wildman–Crippen MR) is 90.7 cm³/mol. The molecule has 1 saturated heterocycles. The van der Waals surface area contributed by atoms with Gasteiger partial charge in [0.1, 0.15) is 0 Å². The number of nitrogens with zero attached hydrogens (tertiary/aromatic N) is 1. The van der Waals surface area contributed by atoms with E-state index in [2.05, 4.69) is 24.3 Å². The van der Waals surface area contributed by atoms with Crippen LogP contribution in [0.1, 0.15) is 36.3 Å². The Hall–Kier alpha value is -1.91. The molecule has 2 aromatic carbocycles. The van der Waals surface area contributed by atoms with Gasteiger partial charge in [-0.05, 0) is 41.2 Å². The van der Waals surface area contributed by atoms with Crippen LogP contribution >= 0.6 is 0 Å². The Labute approximate surface area is 140 Å². The van der Waals surface area contributed by atoms with E-state index in [1.54, 1.807) is 0 Å². The van der Waals surface area contributed by atoms with Gasteiger partial charge >= 0.3 is 0 Å². The molecule has 1 spiro atoms. The third kappa shape index (κ3) is 1.73. The first-order chi connectivity index (χ1) is 11.6. The molecule has 124 valence electrons. The first-order valence-corrected chi connectivity index (χ1v) is 8.78. The van der Waals surface area contributed by atoms with Crippen molar-refractivity contribution in [1.82, 2.24) is 4.90 Å². The van der Waals surface area contributed by atoms with Gasteiger partial charge in [0.2, 0.25) is 5.91 Å². The number of fused-ring (bicyclic) bond motifs is 3. The number of rotatable bonds is 0. The maximum Gasteiger partial charge on any atom is 0.223 e. The van der Waals surface area contributed by atoms with Crippen LogP contribution in [0.5, 0.6) is 0 Å². The zero-order valence-corrected chi connectivity index (χ0v) is 13.5. The zero-order valence-electron chi connectivity index (χ0n) is 13.5. The van der Waals surface area contributed by atoms with E-state index in [-0.39, 0.29) is 11.8 Å². The average Bonchev–Trinajstić information content (AvgIpc) is 2.96. The highest BCUT2D eigenvalue weighted by Crippen LogP contribution is 2.54. The summed E-state index contributed by atoms with van der Waals surface area (Å²) in [7, 11) is 0. The van der Waals surface area contributed by atoms with Crippen LogP contribution in [0.15, 0.2) is 36.4 Å². The number of amides is 1. The van der Waals surface area contributed by atoms with Gasteiger partial charge in [0.15, 0.2) is 0 Å². The van der Waals surface area contributed by atoms with Gasteiger partial charge in [0, 0.05) is 18.9 Å². The minimum absolute atomic E-state index is 0.165. The van der Waals surface area contributed by atoms with Gasteiger partial charge in [-0.2, -0.15) is 0 Å². The van der Waals surface area contributed by atoms with Crippen molar-refractivity contribution in [1.29, 1.82) is 0 Å². The SMILES string of the molecule is O=C1CC[C@]23C[C@H](O)[C@H](O)[C@H]2c2cc4ccccc4cc2CCN13. The molecule has 24 heavy (non-hydrogen) atoms. The molecule has 4 nitrogen and oxygen atoms in total. The quantitative estimate of drug-likeness (QED) is 0.779. The monoisotopic (exact) mass is 323 g/mol. The maximum atomic E-state index is 12.5. The minimum atomic E-state index is -0.809. The molecule has 2 fully saturated rings. The van der Waals surface area contributed by atoms with Crippen molar-refractivity contribution in [2.24, 2.45) is 0 Å². The van der Waals surface area contributed by atoms with Gasteiger partial charge < -0.3 is 15.1 Å². The van der Waals surface area contributed by atoms with Crippen molar-refractivity contribution in [3.63, 3.8) is 0 Å². The number of carbonyl (C=O) groups is 1. The molecule has 0 bridgehead atoms. The summed E-state index contributed by atoms with van der Waals surface area (Å²) in [5, 5.41) is 23.5. The minimum Gasteiger partial charge on any atom is -0.390 e. The highest BCUT2D eigenvalue weighted by atomic mass is 16.3. The molecule has 2 N–H and O–H groups in total. The number of hydrogen-bond acceptors (Lipinski definition) is 3. The Morgan fingerprint density at radius 3 is 2.62 bits per heavy atom. The second-order valence-corrected chi connectivity index (χ2v) is 7.54. The van der Waals surface area contributed by atoms with Gasteiger partial charge in [-0.15, -0.1) is 0 Å². The molecule has 5 rings (SSSR count). The second-order valence-electron chi connectivity index (χ2n) is 7.54. The van der Waals surface area contributed by atoms with Crippen LogP contribution in [0.3, 0.4) is 0 Å². The van der Waals surface area contributed by atoms with E-state index < -0.39 is 17.7 Å². The molecule has 1 saturated carbocycles. The summed E-state index contributed by atoms with van der Waals surface area (Å²) < 4.78 is 0. The predicted octanol–water partition coefficient (Wildman–Crippen LogP) is 1.97. The molecule has 2 aromatic rings. The average molecular weight is 323 g/mol. The highest BCUT2D eigenvalue weighted by molar-refractivity contribution is 5.85. The third-order valence-electron chi connectivity index (χ3n) is 6.44. The fourth-order valence-corrected chi connectivity index (χ4v) is 5.39. The van der Waals surface area contributed by atoms with Crippen LogP contribution in [0, 0.1) is 0 Å². The zero-order chi connectivity index (χ0) is 16.5. The lowest BCUT2D eigenvalue weighted by Gasteiger charge is -2.39. The number of aliphatic hydroxyl groups excluding tert-OH is 2. The molecule has 2 heterocycles. The maximum absolute atomic E-state index is 12.5. The van der Waals surface area contributed by atoms with Crippen molar-refractivity contribution < 1.29 is 15.0 Å². The van der Waals surface area contributed by atoms with E-state index in [0.717, 1.165) is 23.8 Å². The van der Waals surface area contributed by atoms with Crippen molar-refractivity contribution in [3.8, 4) is 0 Å². The summed E-state index contributed by atoms with van der Waals surface area (Å²) >= 11 is 0. The number of hydrogen-bond donors (Lipinski definition) is 2. The van der Waals surface area contributed by atoms with Crippen molar-refractivity contribution in [2.75, 3.05) is 6.54 Å². The molecular weight excluding hydrogens is 302 g/mol. The highest BCUT2D eigenvalue weighted by Gasteiger charge is 2.61. The second kappa shape index (κ2) is 4.80. The van der Waals surface area contributed by atoms with E-state index in [1.807, 2.05) is 17.0 Å². The fraction of sp³-hybridized carbons (Fsp3) is 0.450. The first kappa shape index (κ1) is 14.4. The van der Waals surface area contributed by atoms with Crippen LogP contribution in [0.2, 0.25) is 0 Å². The van der Waals surface area contributed by atoms with E-state index >= 15 is 0 Å². The van der Waals surface area contributed by atoms with Gasteiger partial charge in [-0.3, -0.25) is 4.79 Å². The number of benzene rings is 2. The molecule has 0 aromatic heterocycles. The fourth-order valence-electron chi connectivity index (χ4n) is 5.39. The van der Waals surface area contributed by atoms with Gasteiger partial charge in [-0.1, -0.05) is 36.4 Å². The first-order valence-electron chi connectivity index (χ1n) is 8.78. The largest absolute Gasteiger partial charge is 0.390 e. The Kier molecular flexibility index (Phi) is 2.89. The van der Waals surface area contributed by atoms with Gasteiger partial charge in [0.05, 0.1) is 17.7 Å². The summed E-state index contributed by atoms with van der Waals surface area (Å²) in [6, 6.07) is 12.6. The molecule has 4 atom stereocenters. The van der Waals surface area contributed by atoms with E-state index in [1.165, 1.54) is 10.9 Å². The normalized spacial score (nSPS) is 34.8. The van der Waals surface area contributed by atoms with Gasteiger partial charge in [-0.25, -0.2) is 0 Å². The lowest BCUT2D eigenvalue weighted by atomic mass is 9.78. The smallest absolute Gasteiger partial charge is 0.223 e. The molecule has 3 aliphatic rings.